The van der Waals surface area contributed by atoms with Gasteiger partial charge in [0, 0.05) is 16.7 Å². The van der Waals surface area contributed by atoms with Gasteiger partial charge in [0.15, 0.2) is 0 Å². The summed E-state index contributed by atoms with van der Waals surface area (Å²) in [6.07, 6.45) is 1.40. The molecule has 0 fully saturated rings. The van der Waals surface area contributed by atoms with E-state index >= 15 is 0 Å². The summed E-state index contributed by atoms with van der Waals surface area (Å²) >= 11 is 0. The minimum Gasteiger partial charge on any atom is -0.384 e. The van der Waals surface area contributed by atoms with Gasteiger partial charge in [-0.3, -0.25) is 9.89 Å². The van der Waals surface area contributed by atoms with Crippen LogP contribution in [0.25, 0.3) is 0 Å². The molecular formula is C14H20N6O. The topological polar surface area (TPSA) is 110 Å². The van der Waals surface area contributed by atoms with E-state index in [1.165, 1.54) is 6.33 Å². The van der Waals surface area contributed by atoms with E-state index < -0.39 is 0 Å². The number of carbonyl (C=O) groups is 1. The van der Waals surface area contributed by atoms with Crippen LogP contribution in [0.2, 0.25) is 0 Å². The molecule has 0 saturated carbocycles. The summed E-state index contributed by atoms with van der Waals surface area (Å²) in [4.78, 5) is 20.6. The van der Waals surface area contributed by atoms with Crippen LogP contribution in [0, 0.1) is 0 Å². The van der Waals surface area contributed by atoms with Crippen molar-refractivity contribution in [3.05, 3.63) is 35.5 Å². The van der Waals surface area contributed by atoms with E-state index in [2.05, 4.69) is 25.5 Å². The zero-order valence-electron chi connectivity index (χ0n) is 12.6. The summed E-state index contributed by atoms with van der Waals surface area (Å²) in [6, 6.07) is 3.06. The molecule has 0 aliphatic heterocycles. The number of pyridine rings is 1. The summed E-state index contributed by atoms with van der Waals surface area (Å²) in [5, 5.41) is 9.34. The number of amides is 1. The zero-order chi connectivity index (χ0) is 15.6. The molecule has 2 rings (SSSR count). The van der Waals surface area contributed by atoms with Gasteiger partial charge in [-0.25, -0.2) is 9.97 Å². The molecule has 0 spiro atoms. The fourth-order valence-electron chi connectivity index (χ4n) is 1.84. The Labute approximate surface area is 123 Å². The second-order valence-corrected chi connectivity index (χ2v) is 5.98. The van der Waals surface area contributed by atoms with E-state index in [0.717, 1.165) is 5.69 Å². The Morgan fingerprint density at radius 1 is 1.38 bits per heavy atom. The van der Waals surface area contributed by atoms with Crippen molar-refractivity contribution >= 4 is 11.7 Å². The third-order valence-electron chi connectivity index (χ3n) is 3.07. The summed E-state index contributed by atoms with van der Waals surface area (Å²) < 4.78 is 0. The maximum Gasteiger partial charge on any atom is 0.252 e. The van der Waals surface area contributed by atoms with Crippen molar-refractivity contribution in [2.45, 2.75) is 39.2 Å². The first-order chi connectivity index (χ1) is 9.77. The van der Waals surface area contributed by atoms with Gasteiger partial charge in [-0.05, 0) is 19.1 Å². The van der Waals surface area contributed by atoms with E-state index in [-0.39, 0.29) is 17.4 Å². The predicted molar refractivity (Wildman–Crippen MR) is 79.6 cm³/mol. The SMILES string of the molecule is CC(NC(=O)c1cc(N)nc(C(C)(C)C)c1)c1ncn[nH]1. The first-order valence-corrected chi connectivity index (χ1v) is 6.71. The van der Waals surface area contributed by atoms with Crippen molar-refractivity contribution in [3.63, 3.8) is 0 Å². The van der Waals surface area contributed by atoms with E-state index in [0.29, 0.717) is 17.2 Å². The zero-order valence-corrected chi connectivity index (χ0v) is 12.6. The number of anilines is 1. The molecule has 2 aromatic rings. The molecule has 7 heteroatoms. The van der Waals surface area contributed by atoms with Gasteiger partial charge in [-0.15, -0.1) is 0 Å². The Hall–Kier alpha value is -2.44. The Morgan fingerprint density at radius 3 is 2.67 bits per heavy atom. The maximum atomic E-state index is 12.3. The molecule has 4 N–H and O–H groups in total. The molecule has 0 saturated heterocycles. The highest BCUT2D eigenvalue weighted by atomic mass is 16.1. The number of aromatic amines is 1. The van der Waals surface area contributed by atoms with Crippen molar-refractivity contribution in [2.75, 3.05) is 5.73 Å². The van der Waals surface area contributed by atoms with E-state index in [1.54, 1.807) is 12.1 Å². The second-order valence-electron chi connectivity index (χ2n) is 5.98. The van der Waals surface area contributed by atoms with Gasteiger partial charge in [-0.1, -0.05) is 20.8 Å². The van der Waals surface area contributed by atoms with Crippen LogP contribution in [-0.4, -0.2) is 26.1 Å². The lowest BCUT2D eigenvalue weighted by Crippen LogP contribution is -2.28. The highest BCUT2D eigenvalue weighted by Crippen LogP contribution is 2.22. The average Bonchev–Trinajstić information content (AvgIpc) is 2.90. The molecule has 7 nitrogen and oxygen atoms in total. The number of rotatable bonds is 3. The smallest absolute Gasteiger partial charge is 0.252 e. The highest BCUT2D eigenvalue weighted by molar-refractivity contribution is 5.95. The van der Waals surface area contributed by atoms with Crippen molar-refractivity contribution in [3.8, 4) is 0 Å². The standard InChI is InChI=1S/C14H20N6O/c1-8(12-16-7-17-20-12)18-13(21)9-5-10(14(2,3)4)19-11(15)6-9/h5-8H,1-4H3,(H2,15,19)(H,18,21)(H,16,17,20). The van der Waals surface area contributed by atoms with Crippen molar-refractivity contribution in [2.24, 2.45) is 0 Å². The molecule has 0 bridgehead atoms. The number of carbonyl (C=O) groups excluding carboxylic acids is 1. The number of nitrogens with two attached hydrogens (primary N) is 1. The number of hydrogen-bond donors (Lipinski definition) is 3. The van der Waals surface area contributed by atoms with Crippen LogP contribution < -0.4 is 11.1 Å². The molecule has 112 valence electrons. The van der Waals surface area contributed by atoms with Crippen LogP contribution in [0.4, 0.5) is 5.82 Å². The molecular weight excluding hydrogens is 268 g/mol. The fraction of sp³-hybridized carbons (Fsp3) is 0.429. The Bertz CT molecular complexity index is 629. The number of nitrogens with one attached hydrogen (secondary N) is 2. The molecule has 2 aromatic heterocycles. The van der Waals surface area contributed by atoms with E-state index in [9.17, 15) is 4.79 Å². The van der Waals surface area contributed by atoms with Gasteiger partial charge in [0.05, 0.1) is 6.04 Å². The number of nitrogens with zero attached hydrogens (tertiary/aromatic N) is 3. The van der Waals surface area contributed by atoms with Crippen LogP contribution in [0.3, 0.4) is 0 Å². The van der Waals surface area contributed by atoms with Gasteiger partial charge in [0.25, 0.3) is 5.91 Å². The first kappa shape index (κ1) is 15.0. The summed E-state index contributed by atoms with van der Waals surface area (Å²) in [5.41, 5.74) is 6.88. The first-order valence-electron chi connectivity index (χ1n) is 6.71. The molecule has 0 aliphatic rings. The third-order valence-corrected chi connectivity index (χ3v) is 3.07. The van der Waals surface area contributed by atoms with Gasteiger partial charge in [0.2, 0.25) is 0 Å². The Morgan fingerprint density at radius 2 is 2.10 bits per heavy atom. The summed E-state index contributed by atoms with van der Waals surface area (Å²) in [6.45, 7) is 7.89. The Kier molecular flexibility index (Phi) is 3.93. The van der Waals surface area contributed by atoms with Crippen molar-refractivity contribution in [1.82, 2.24) is 25.5 Å². The molecule has 0 radical (unpaired) electrons. The number of H-pyrrole nitrogens is 1. The van der Waals surface area contributed by atoms with Crippen LogP contribution in [0.5, 0.6) is 0 Å². The van der Waals surface area contributed by atoms with Crippen molar-refractivity contribution < 1.29 is 4.79 Å². The molecule has 1 atom stereocenters. The van der Waals surface area contributed by atoms with E-state index in [4.69, 9.17) is 5.73 Å². The minimum atomic E-state index is -0.271. The van der Waals surface area contributed by atoms with Gasteiger partial charge in [0.1, 0.15) is 18.0 Å². The largest absolute Gasteiger partial charge is 0.384 e. The molecule has 1 amide bonds. The molecule has 0 aliphatic carbocycles. The van der Waals surface area contributed by atoms with E-state index in [1.807, 2.05) is 27.7 Å². The molecule has 0 aromatic carbocycles. The molecule has 2 heterocycles. The third kappa shape index (κ3) is 3.56. The van der Waals surface area contributed by atoms with Crippen molar-refractivity contribution in [1.29, 1.82) is 0 Å². The van der Waals surface area contributed by atoms with Crippen LogP contribution in [0.15, 0.2) is 18.5 Å². The average molecular weight is 288 g/mol. The number of nitrogen functional groups attached to an aromatic ring is 1. The predicted octanol–water partition coefficient (Wildman–Crippen LogP) is 1.57. The lowest BCUT2D eigenvalue weighted by Gasteiger charge is -2.19. The maximum absolute atomic E-state index is 12.3. The quantitative estimate of drug-likeness (QED) is 0.794. The van der Waals surface area contributed by atoms with Crippen LogP contribution in [0.1, 0.15) is 55.6 Å². The lowest BCUT2D eigenvalue weighted by atomic mass is 9.90. The van der Waals surface area contributed by atoms with Gasteiger partial charge >= 0.3 is 0 Å². The normalized spacial score (nSPS) is 13.0. The summed E-state index contributed by atoms with van der Waals surface area (Å²) in [7, 11) is 0. The van der Waals surface area contributed by atoms with Crippen LogP contribution >= 0.6 is 0 Å². The highest BCUT2D eigenvalue weighted by Gasteiger charge is 2.20. The van der Waals surface area contributed by atoms with Gasteiger partial charge in [-0.2, -0.15) is 5.10 Å². The monoisotopic (exact) mass is 288 g/mol. The minimum absolute atomic E-state index is 0.180. The van der Waals surface area contributed by atoms with Gasteiger partial charge < -0.3 is 11.1 Å². The fourth-order valence-corrected chi connectivity index (χ4v) is 1.84. The summed E-state index contributed by atoms with van der Waals surface area (Å²) in [5.74, 6) is 0.708. The second kappa shape index (κ2) is 5.51. The number of hydrogen-bond acceptors (Lipinski definition) is 5. The van der Waals surface area contributed by atoms with Crippen LogP contribution in [-0.2, 0) is 5.41 Å². The number of aromatic nitrogens is 4. The molecule has 21 heavy (non-hydrogen) atoms. The lowest BCUT2D eigenvalue weighted by molar-refractivity contribution is 0.0938. The molecule has 1 unspecified atom stereocenters. The Balaban J connectivity index is 2.21.